The predicted octanol–water partition coefficient (Wildman–Crippen LogP) is 5.85. The standard InChI is InChI=1S/C28H29N5OS/c1-18(2)34-22-13-11-21(12-14-22)33-27(26(31-28(33)35)24-9-5-7-15-29-24)23-17-19(3)32(20(23)4)25-10-6-8-16-30-25/h5-18,26-27H,1-4H3,(H,31,35). The van der Waals surface area contributed by atoms with Gasteiger partial charge in [-0.15, -0.1) is 0 Å². The molecule has 4 aromatic rings. The third kappa shape index (κ3) is 4.39. The van der Waals surface area contributed by atoms with E-state index in [2.05, 4.69) is 56.8 Å². The van der Waals surface area contributed by atoms with E-state index in [1.165, 1.54) is 5.56 Å². The van der Waals surface area contributed by atoms with Crippen molar-refractivity contribution in [1.29, 1.82) is 0 Å². The third-order valence-electron chi connectivity index (χ3n) is 6.25. The fourth-order valence-corrected chi connectivity index (χ4v) is 5.18. The summed E-state index contributed by atoms with van der Waals surface area (Å²) in [4.78, 5) is 11.5. The van der Waals surface area contributed by atoms with Crippen LogP contribution in [-0.4, -0.2) is 25.8 Å². The van der Waals surface area contributed by atoms with Gasteiger partial charge in [0.25, 0.3) is 0 Å². The second kappa shape index (κ2) is 9.50. The second-order valence-electron chi connectivity index (χ2n) is 9.01. The molecule has 1 fully saturated rings. The summed E-state index contributed by atoms with van der Waals surface area (Å²) in [5, 5.41) is 4.22. The first-order valence-electron chi connectivity index (χ1n) is 11.8. The number of benzene rings is 1. The first-order valence-corrected chi connectivity index (χ1v) is 12.2. The number of hydrogen-bond donors (Lipinski definition) is 1. The van der Waals surface area contributed by atoms with Crippen LogP contribution >= 0.6 is 12.2 Å². The van der Waals surface area contributed by atoms with Gasteiger partial charge in [0.1, 0.15) is 11.6 Å². The summed E-state index contributed by atoms with van der Waals surface area (Å²) in [5.74, 6) is 1.74. The van der Waals surface area contributed by atoms with Crippen LogP contribution in [0.25, 0.3) is 5.82 Å². The van der Waals surface area contributed by atoms with Crippen molar-refractivity contribution in [3.63, 3.8) is 0 Å². The first kappa shape index (κ1) is 23.1. The molecule has 1 aliphatic heterocycles. The van der Waals surface area contributed by atoms with E-state index in [4.69, 9.17) is 17.0 Å². The Balaban J connectivity index is 1.62. The Labute approximate surface area is 211 Å². The van der Waals surface area contributed by atoms with Crippen LogP contribution in [0.3, 0.4) is 0 Å². The van der Waals surface area contributed by atoms with Gasteiger partial charge in [0.05, 0.1) is 23.9 Å². The minimum Gasteiger partial charge on any atom is -0.491 e. The molecule has 0 spiro atoms. The maximum Gasteiger partial charge on any atom is 0.174 e. The number of hydrogen-bond acceptors (Lipinski definition) is 4. The molecule has 6 nitrogen and oxygen atoms in total. The molecule has 0 aliphatic carbocycles. The molecule has 7 heteroatoms. The molecule has 0 bridgehead atoms. The summed E-state index contributed by atoms with van der Waals surface area (Å²) >= 11 is 5.89. The van der Waals surface area contributed by atoms with Crippen LogP contribution in [-0.2, 0) is 0 Å². The van der Waals surface area contributed by atoms with E-state index in [9.17, 15) is 0 Å². The zero-order valence-electron chi connectivity index (χ0n) is 20.3. The Morgan fingerprint density at radius 1 is 0.943 bits per heavy atom. The van der Waals surface area contributed by atoms with Gasteiger partial charge in [-0.3, -0.25) is 4.98 Å². The van der Waals surface area contributed by atoms with E-state index in [-0.39, 0.29) is 18.2 Å². The molecule has 3 aromatic heterocycles. The van der Waals surface area contributed by atoms with Crippen molar-refractivity contribution in [1.82, 2.24) is 19.9 Å². The number of rotatable bonds is 6. The highest BCUT2D eigenvalue weighted by Crippen LogP contribution is 2.43. The molecule has 0 radical (unpaired) electrons. The van der Waals surface area contributed by atoms with Crippen LogP contribution in [0.2, 0.25) is 0 Å². The molecular weight excluding hydrogens is 454 g/mol. The number of nitrogens with zero attached hydrogens (tertiary/aromatic N) is 4. The monoisotopic (exact) mass is 483 g/mol. The minimum atomic E-state index is -0.104. The Morgan fingerprint density at radius 3 is 2.29 bits per heavy atom. The van der Waals surface area contributed by atoms with Gasteiger partial charge in [-0.2, -0.15) is 0 Å². The molecule has 2 atom stereocenters. The highest BCUT2D eigenvalue weighted by molar-refractivity contribution is 7.80. The molecule has 4 heterocycles. The Kier molecular flexibility index (Phi) is 6.26. The van der Waals surface area contributed by atoms with E-state index in [1.807, 2.05) is 74.8 Å². The number of thiocarbonyl (C=S) groups is 1. The lowest BCUT2D eigenvalue weighted by atomic mass is 9.96. The Bertz CT molecular complexity index is 1320. The van der Waals surface area contributed by atoms with Crippen LogP contribution in [0.1, 0.15) is 48.6 Å². The van der Waals surface area contributed by atoms with Crippen molar-refractivity contribution < 1.29 is 4.74 Å². The van der Waals surface area contributed by atoms with Gasteiger partial charge in [0.2, 0.25) is 0 Å². The summed E-state index contributed by atoms with van der Waals surface area (Å²) < 4.78 is 8.06. The van der Waals surface area contributed by atoms with E-state index in [0.717, 1.165) is 34.3 Å². The topological polar surface area (TPSA) is 55.2 Å². The van der Waals surface area contributed by atoms with Crippen molar-refractivity contribution in [2.75, 3.05) is 4.90 Å². The maximum atomic E-state index is 5.89. The van der Waals surface area contributed by atoms with Crippen molar-refractivity contribution in [3.05, 3.63) is 102 Å². The summed E-state index contributed by atoms with van der Waals surface area (Å²) in [5.41, 5.74) is 5.38. The van der Waals surface area contributed by atoms with Gasteiger partial charge >= 0.3 is 0 Å². The normalized spacial score (nSPS) is 17.6. The number of nitrogens with one attached hydrogen (secondary N) is 1. The average molecular weight is 484 g/mol. The quantitative estimate of drug-likeness (QED) is 0.347. The predicted molar refractivity (Wildman–Crippen MR) is 143 cm³/mol. The van der Waals surface area contributed by atoms with E-state index < -0.39 is 0 Å². The molecule has 0 saturated carbocycles. The molecule has 1 saturated heterocycles. The summed E-state index contributed by atoms with van der Waals surface area (Å²) in [6, 6.07) is 22.2. The first-order chi connectivity index (χ1) is 16.9. The molecule has 178 valence electrons. The zero-order chi connectivity index (χ0) is 24.5. The van der Waals surface area contributed by atoms with Crippen LogP contribution < -0.4 is 15.0 Å². The highest BCUT2D eigenvalue weighted by Gasteiger charge is 2.42. The largest absolute Gasteiger partial charge is 0.491 e. The lowest BCUT2D eigenvalue weighted by molar-refractivity contribution is 0.242. The molecule has 1 aliphatic rings. The molecule has 2 unspecified atom stereocenters. The minimum absolute atomic E-state index is 0.0853. The van der Waals surface area contributed by atoms with Gasteiger partial charge in [-0.05, 0) is 100 Å². The Morgan fingerprint density at radius 2 is 1.66 bits per heavy atom. The van der Waals surface area contributed by atoms with Gasteiger partial charge in [0, 0.05) is 29.5 Å². The summed E-state index contributed by atoms with van der Waals surface area (Å²) in [7, 11) is 0. The van der Waals surface area contributed by atoms with Crippen LogP contribution in [0.15, 0.2) is 79.1 Å². The van der Waals surface area contributed by atoms with Gasteiger partial charge < -0.3 is 19.5 Å². The fraction of sp³-hybridized carbons (Fsp3) is 0.250. The molecule has 0 amide bonds. The second-order valence-corrected chi connectivity index (χ2v) is 9.39. The highest BCUT2D eigenvalue weighted by atomic mass is 32.1. The lowest BCUT2D eigenvalue weighted by Crippen LogP contribution is -2.29. The number of ether oxygens (including phenoxy) is 1. The molecular formula is C28H29N5OS. The SMILES string of the molecule is Cc1cc(C2C(c3ccccn3)NC(=S)N2c2ccc(OC(C)C)cc2)c(C)n1-c1ccccn1. The fourth-order valence-electron chi connectivity index (χ4n) is 4.83. The number of pyridine rings is 2. The van der Waals surface area contributed by atoms with Crippen LogP contribution in [0, 0.1) is 13.8 Å². The zero-order valence-corrected chi connectivity index (χ0v) is 21.2. The Hall–Kier alpha value is -3.71. The number of anilines is 1. The lowest BCUT2D eigenvalue weighted by Gasteiger charge is -2.28. The van der Waals surface area contributed by atoms with Crippen molar-refractivity contribution in [2.45, 2.75) is 45.9 Å². The van der Waals surface area contributed by atoms with Gasteiger partial charge in [-0.1, -0.05) is 12.1 Å². The van der Waals surface area contributed by atoms with Crippen molar-refractivity contribution in [2.24, 2.45) is 0 Å². The smallest absolute Gasteiger partial charge is 0.174 e. The molecule has 5 rings (SSSR count). The molecule has 1 aromatic carbocycles. The molecule has 1 N–H and O–H groups in total. The van der Waals surface area contributed by atoms with E-state index in [0.29, 0.717) is 5.11 Å². The summed E-state index contributed by atoms with van der Waals surface area (Å²) in [6.07, 6.45) is 3.77. The summed E-state index contributed by atoms with van der Waals surface area (Å²) in [6.45, 7) is 8.31. The number of aryl methyl sites for hydroxylation is 1. The van der Waals surface area contributed by atoms with Crippen LogP contribution in [0.5, 0.6) is 5.75 Å². The average Bonchev–Trinajstić information content (AvgIpc) is 3.35. The number of aromatic nitrogens is 3. The van der Waals surface area contributed by atoms with E-state index in [1.54, 1.807) is 0 Å². The van der Waals surface area contributed by atoms with Crippen molar-refractivity contribution >= 4 is 23.0 Å². The van der Waals surface area contributed by atoms with Gasteiger partial charge in [-0.25, -0.2) is 4.98 Å². The van der Waals surface area contributed by atoms with Crippen molar-refractivity contribution in [3.8, 4) is 11.6 Å². The van der Waals surface area contributed by atoms with Gasteiger partial charge in [0.15, 0.2) is 5.11 Å². The molecule has 35 heavy (non-hydrogen) atoms. The third-order valence-corrected chi connectivity index (χ3v) is 6.57. The maximum absolute atomic E-state index is 5.89. The van der Waals surface area contributed by atoms with Crippen LogP contribution in [0.4, 0.5) is 5.69 Å². The van der Waals surface area contributed by atoms with E-state index >= 15 is 0 Å².